The van der Waals surface area contributed by atoms with E-state index in [4.69, 9.17) is 0 Å². The molecule has 1 amide bonds. The minimum absolute atomic E-state index is 0.00489. The molecular weight excluding hydrogens is 268 g/mol. The van der Waals surface area contributed by atoms with Crippen molar-refractivity contribution in [1.29, 1.82) is 0 Å². The van der Waals surface area contributed by atoms with E-state index < -0.39 is 0 Å². The number of rotatable bonds is 5. The third-order valence-electron chi connectivity index (χ3n) is 4.53. The molecule has 1 aliphatic heterocycles. The Kier molecular flexibility index (Phi) is 3.87. The minimum Gasteiger partial charge on any atom is -0.317 e. The van der Waals surface area contributed by atoms with E-state index in [-0.39, 0.29) is 12.2 Å². The van der Waals surface area contributed by atoms with Crippen molar-refractivity contribution < 1.29 is 4.79 Å². The second kappa shape index (κ2) is 5.49. The SMILES string of the molecule is CCCC1CC1N1C(=O)C(CC)NC1c1ccc(C)s1. The van der Waals surface area contributed by atoms with Gasteiger partial charge in [-0.3, -0.25) is 10.1 Å². The van der Waals surface area contributed by atoms with Crippen LogP contribution in [0.5, 0.6) is 0 Å². The molecule has 0 radical (unpaired) electrons. The third-order valence-corrected chi connectivity index (χ3v) is 5.58. The lowest BCUT2D eigenvalue weighted by atomic mass is 10.2. The number of aryl methyl sites for hydroxylation is 1. The van der Waals surface area contributed by atoms with Crippen molar-refractivity contribution in [3.8, 4) is 0 Å². The maximum absolute atomic E-state index is 12.6. The summed E-state index contributed by atoms with van der Waals surface area (Å²) in [6, 6.07) is 4.80. The number of carbonyl (C=O) groups is 1. The molecule has 1 N–H and O–H groups in total. The Labute approximate surface area is 125 Å². The molecule has 0 spiro atoms. The quantitative estimate of drug-likeness (QED) is 0.901. The van der Waals surface area contributed by atoms with E-state index in [1.807, 2.05) is 0 Å². The topological polar surface area (TPSA) is 32.3 Å². The highest BCUT2D eigenvalue weighted by atomic mass is 32.1. The molecule has 1 aromatic heterocycles. The van der Waals surface area contributed by atoms with Gasteiger partial charge in [-0.1, -0.05) is 20.3 Å². The molecule has 20 heavy (non-hydrogen) atoms. The van der Waals surface area contributed by atoms with E-state index in [9.17, 15) is 4.79 Å². The highest BCUT2D eigenvalue weighted by molar-refractivity contribution is 7.12. The highest BCUT2D eigenvalue weighted by Gasteiger charge is 2.51. The van der Waals surface area contributed by atoms with E-state index in [0.717, 1.165) is 12.3 Å². The van der Waals surface area contributed by atoms with Crippen molar-refractivity contribution in [3.63, 3.8) is 0 Å². The van der Waals surface area contributed by atoms with Gasteiger partial charge in [0.2, 0.25) is 5.91 Å². The van der Waals surface area contributed by atoms with Gasteiger partial charge in [-0.2, -0.15) is 0 Å². The van der Waals surface area contributed by atoms with Crippen LogP contribution in [0.25, 0.3) is 0 Å². The van der Waals surface area contributed by atoms with Crippen LogP contribution < -0.4 is 5.32 Å². The zero-order valence-electron chi connectivity index (χ0n) is 12.6. The molecule has 0 bridgehead atoms. The van der Waals surface area contributed by atoms with Crippen molar-refractivity contribution >= 4 is 17.2 Å². The minimum atomic E-state index is 0.00489. The van der Waals surface area contributed by atoms with Gasteiger partial charge in [-0.15, -0.1) is 11.3 Å². The van der Waals surface area contributed by atoms with Crippen LogP contribution in [0.3, 0.4) is 0 Å². The molecule has 110 valence electrons. The first-order chi connectivity index (χ1) is 9.65. The lowest BCUT2D eigenvalue weighted by Crippen LogP contribution is -2.33. The van der Waals surface area contributed by atoms with Gasteiger partial charge < -0.3 is 4.90 Å². The van der Waals surface area contributed by atoms with Gasteiger partial charge in [0.05, 0.1) is 6.04 Å². The summed E-state index contributed by atoms with van der Waals surface area (Å²) < 4.78 is 0. The van der Waals surface area contributed by atoms with Crippen LogP contribution >= 0.6 is 11.3 Å². The summed E-state index contributed by atoms with van der Waals surface area (Å²) in [4.78, 5) is 17.4. The monoisotopic (exact) mass is 292 g/mol. The molecule has 3 rings (SSSR count). The van der Waals surface area contributed by atoms with Crippen molar-refractivity contribution in [2.75, 3.05) is 0 Å². The molecule has 2 heterocycles. The summed E-state index contributed by atoms with van der Waals surface area (Å²) in [6.07, 6.45) is 4.65. The fourth-order valence-corrected chi connectivity index (χ4v) is 4.31. The number of nitrogens with zero attached hydrogens (tertiary/aromatic N) is 1. The largest absolute Gasteiger partial charge is 0.317 e. The fraction of sp³-hybridized carbons (Fsp3) is 0.688. The maximum Gasteiger partial charge on any atom is 0.241 e. The lowest BCUT2D eigenvalue weighted by molar-refractivity contribution is -0.130. The number of hydrogen-bond acceptors (Lipinski definition) is 3. The van der Waals surface area contributed by atoms with Gasteiger partial charge in [0.25, 0.3) is 0 Å². The van der Waals surface area contributed by atoms with E-state index >= 15 is 0 Å². The molecular formula is C16H24N2OS. The Bertz CT molecular complexity index is 498. The Balaban J connectivity index is 1.82. The van der Waals surface area contributed by atoms with Crippen LogP contribution in [0.4, 0.5) is 0 Å². The Hall–Kier alpha value is -0.870. The van der Waals surface area contributed by atoms with E-state index in [0.29, 0.717) is 11.9 Å². The number of carbonyl (C=O) groups excluding carboxylic acids is 1. The maximum atomic E-state index is 12.6. The summed E-state index contributed by atoms with van der Waals surface area (Å²) >= 11 is 1.81. The van der Waals surface area contributed by atoms with Crippen LogP contribution in [0, 0.1) is 12.8 Å². The predicted molar refractivity (Wildman–Crippen MR) is 82.7 cm³/mol. The Morgan fingerprint density at radius 3 is 2.80 bits per heavy atom. The number of amides is 1. The van der Waals surface area contributed by atoms with E-state index in [1.54, 1.807) is 11.3 Å². The van der Waals surface area contributed by atoms with E-state index in [1.165, 1.54) is 29.0 Å². The summed E-state index contributed by atoms with van der Waals surface area (Å²) in [5, 5.41) is 3.54. The summed E-state index contributed by atoms with van der Waals surface area (Å²) in [7, 11) is 0. The third kappa shape index (κ3) is 2.40. The van der Waals surface area contributed by atoms with Gasteiger partial charge >= 0.3 is 0 Å². The second-order valence-corrected chi connectivity index (χ2v) is 7.40. The zero-order valence-corrected chi connectivity index (χ0v) is 13.4. The smallest absolute Gasteiger partial charge is 0.241 e. The normalized spacial score (nSPS) is 33.0. The Morgan fingerprint density at radius 2 is 2.20 bits per heavy atom. The van der Waals surface area contributed by atoms with Crippen LogP contribution in [0.1, 0.15) is 55.5 Å². The van der Waals surface area contributed by atoms with Crippen molar-refractivity contribution in [1.82, 2.24) is 10.2 Å². The summed E-state index contributed by atoms with van der Waals surface area (Å²) in [6.45, 7) is 6.45. The summed E-state index contributed by atoms with van der Waals surface area (Å²) in [5.74, 6) is 1.04. The first-order valence-corrected chi connectivity index (χ1v) is 8.61. The first-order valence-electron chi connectivity index (χ1n) is 7.80. The molecule has 2 fully saturated rings. The first kappa shape index (κ1) is 14.1. The molecule has 1 aromatic rings. The standard InChI is InChI=1S/C16H24N2OS/c1-4-6-11-9-13(11)18-15(14-8-7-10(3)20-14)17-12(5-2)16(18)19/h7-8,11-13,15,17H,4-6,9H2,1-3H3. The number of nitrogens with one attached hydrogen (secondary N) is 1. The van der Waals surface area contributed by atoms with Gasteiger partial charge in [0, 0.05) is 15.8 Å². The van der Waals surface area contributed by atoms with Crippen molar-refractivity contribution in [2.45, 2.75) is 64.7 Å². The van der Waals surface area contributed by atoms with Crippen LogP contribution in [-0.2, 0) is 4.79 Å². The average Bonchev–Trinajstić information content (AvgIpc) is 2.90. The molecule has 3 nitrogen and oxygen atoms in total. The summed E-state index contributed by atoms with van der Waals surface area (Å²) in [5.41, 5.74) is 0. The Morgan fingerprint density at radius 1 is 1.40 bits per heavy atom. The average molecular weight is 292 g/mol. The van der Waals surface area contributed by atoms with Crippen LogP contribution in [0.15, 0.2) is 12.1 Å². The van der Waals surface area contributed by atoms with Crippen LogP contribution in [-0.4, -0.2) is 22.9 Å². The highest BCUT2D eigenvalue weighted by Crippen LogP contribution is 2.45. The van der Waals surface area contributed by atoms with Gasteiger partial charge in [0.1, 0.15) is 6.17 Å². The second-order valence-electron chi connectivity index (χ2n) is 6.08. The zero-order chi connectivity index (χ0) is 14.3. The molecule has 1 saturated carbocycles. The molecule has 4 unspecified atom stereocenters. The number of hydrogen-bond donors (Lipinski definition) is 1. The van der Waals surface area contributed by atoms with Crippen molar-refractivity contribution in [3.05, 3.63) is 21.9 Å². The molecule has 1 aliphatic carbocycles. The van der Waals surface area contributed by atoms with E-state index in [2.05, 4.69) is 43.1 Å². The fourth-order valence-electron chi connectivity index (χ4n) is 3.37. The molecule has 4 heteroatoms. The molecule has 4 atom stereocenters. The van der Waals surface area contributed by atoms with Crippen LogP contribution in [0.2, 0.25) is 0 Å². The molecule has 0 aromatic carbocycles. The predicted octanol–water partition coefficient (Wildman–Crippen LogP) is 3.45. The molecule has 1 saturated heterocycles. The van der Waals surface area contributed by atoms with Gasteiger partial charge in [-0.25, -0.2) is 0 Å². The lowest BCUT2D eigenvalue weighted by Gasteiger charge is -2.24. The van der Waals surface area contributed by atoms with Gasteiger partial charge in [-0.05, 0) is 44.2 Å². The van der Waals surface area contributed by atoms with Crippen molar-refractivity contribution in [2.24, 2.45) is 5.92 Å². The number of thiophene rings is 1. The molecule has 2 aliphatic rings. The van der Waals surface area contributed by atoms with Gasteiger partial charge in [0.15, 0.2) is 0 Å².